The van der Waals surface area contributed by atoms with Crippen molar-refractivity contribution in [3.8, 4) is 0 Å². The predicted octanol–water partition coefficient (Wildman–Crippen LogP) is 0.235. The van der Waals surface area contributed by atoms with E-state index in [9.17, 15) is 4.79 Å². The molecule has 0 radical (unpaired) electrons. The maximum absolute atomic E-state index is 11.0. The lowest BCUT2D eigenvalue weighted by molar-refractivity contribution is 0.0667. The van der Waals surface area contributed by atoms with E-state index < -0.39 is 0 Å². The standard InChI is InChI=1S/C9H17N3O/c10-9(13)12-6-5-11-4-2-1-3-8(11)7-12/h8H,1-7H2,(H2,10,13). The maximum Gasteiger partial charge on any atom is 0.314 e. The van der Waals surface area contributed by atoms with Gasteiger partial charge in [0.1, 0.15) is 0 Å². The Labute approximate surface area is 78.7 Å². The van der Waals surface area contributed by atoms with E-state index >= 15 is 0 Å². The summed E-state index contributed by atoms with van der Waals surface area (Å²) in [7, 11) is 0. The molecule has 13 heavy (non-hydrogen) atoms. The summed E-state index contributed by atoms with van der Waals surface area (Å²) in [6.07, 6.45) is 3.84. The minimum atomic E-state index is -0.259. The van der Waals surface area contributed by atoms with Crippen LogP contribution in [-0.2, 0) is 0 Å². The molecule has 2 rings (SSSR count). The monoisotopic (exact) mass is 183 g/mol. The van der Waals surface area contributed by atoms with Gasteiger partial charge in [-0.25, -0.2) is 4.79 Å². The molecule has 0 aromatic rings. The highest BCUT2D eigenvalue weighted by atomic mass is 16.2. The molecule has 1 unspecified atom stereocenters. The van der Waals surface area contributed by atoms with E-state index in [0.29, 0.717) is 6.04 Å². The number of urea groups is 1. The molecule has 0 aromatic heterocycles. The van der Waals surface area contributed by atoms with Crippen molar-refractivity contribution in [1.29, 1.82) is 0 Å². The number of rotatable bonds is 0. The van der Waals surface area contributed by atoms with E-state index in [-0.39, 0.29) is 6.03 Å². The number of amides is 2. The second-order valence-electron chi connectivity index (χ2n) is 3.97. The first-order valence-electron chi connectivity index (χ1n) is 5.06. The van der Waals surface area contributed by atoms with Gasteiger partial charge in [0.15, 0.2) is 0 Å². The molecule has 1 atom stereocenters. The molecular formula is C9H17N3O. The molecule has 4 nitrogen and oxygen atoms in total. The molecule has 0 spiro atoms. The van der Waals surface area contributed by atoms with Gasteiger partial charge in [0.25, 0.3) is 0 Å². The molecule has 2 aliphatic heterocycles. The SMILES string of the molecule is NC(=O)N1CCN2CCCCC2C1. The van der Waals surface area contributed by atoms with Crippen LogP contribution in [0.25, 0.3) is 0 Å². The van der Waals surface area contributed by atoms with Gasteiger partial charge in [-0.3, -0.25) is 4.90 Å². The normalized spacial score (nSPS) is 29.8. The van der Waals surface area contributed by atoms with E-state index in [0.717, 1.165) is 19.6 Å². The predicted molar refractivity (Wildman–Crippen MR) is 50.4 cm³/mol. The Bertz CT molecular complexity index is 207. The van der Waals surface area contributed by atoms with Gasteiger partial charge in [-0.1, -0.05) is 6.42 Å². The number of piperazine rings is 1. The topological polar surface area (TPSA) is 49.6 Å². The molecule has 0 aliphatic carbocycles. The molecule has 2 saturated heterocycles. The van der Waals surface area contributed by atoms with Crippen molar-refractivity contribution in [2.45, 2.75) is 25.3 Å². The van der Waals surface area contributed by atoms with Gasteiger partial charge in [0, 0.05) is 25.7 Å². The smallest absolute Gasteiger partial charge is 0.314 e. The zero-order chi connectivity index (χ0) is 9.26. The highest BCUT2D eigenvalue weighted by molar-refractivity contribution is 5.72. The summed E-state index contributed by atoms with van der Waals surface area (Å²) >= 11 is 0. The van der Waals surface area contributed by atoms with Crippen LogP contribution in [0, 0.1) is 0 Å². The lowest BCUT2D eigenvalue weighted by atomic mass is 10.00. The number of fused-ring (bicyclic) bond motifs is 1. The summed E-state index contributed by atoms with van der Waals surface area (Å²) in [5.41, 5.74) is 5.26. The van der Waals surface area contributed by atoms with Crippen molar-refractivity contribution in [3.05, 3.63) is 0 Å². The van der Waals surface area contributed by atoms with Crippen molar-refractivity contribution in [2.75, 3.05) is 26.2 Å². The van der Waals surface area contributed by atoms with Crippen LogP contribution in [0.2, 0.25) is 0 Å². The number of primary amides is 1. The Balaban J connectivity index is 1.95. The van der Waals surface area contributed by atoms with Crippen molar-refractivity contribution in [1.82, 2.24) is 9.80 Å². The third-order valence-corrected chi connectivity index (χ3v) is 3.15. The molecule has 4 heteroatoms. The fourth-order valence-corrected chi connectivity index (χ4v) is 2.36. The third-order valence-electron chi connectivity index (χ3n) is 3.15. The highest BCUT2D eigenvalue weighted by Gasteiger charge is 2.29. The summed E-state index contributed by atoms with van der Waals surface area (Å²) in [5, 5.41) is 0. The van der Waals surface area contributed by atoms with Crippen molar-refractivity contribution < 1.29 is 4.79 Å². The molecule has 0 aromatic carbocycles. The van der Waals surface area contributed by atoms with Crippen LogP contribution in [-0.4, -0.2) is 48.1 Å². The average Bonchev–Trinajstić information content (AvgIpc) is 2.17. The molecular weight excluding hydrogens is 166 g/mol. The second kappa shape index (κ2) is 3.54. The number of hydrogen-bond acceptors (Lipinski definition) is 2. The number of piperidine rings is 1. The van der Waals surface area contributed by atoms with E-state index in [2.05, 4.69) is 4.90 Å². The van der Waals surface area contributed by atoms with Crippen molar-refractivity contribution in [3.63, 3.8) is 0 Å². The zero-order valence-electron chi connectivity index (χ0n) is 7.91. The van der Waals surface area contributed by atoms with Crippen LogP contribution in [0.3, 0.4) is 0 Å². The molecule has 2 aliphatic rings. The minimum absolute atomic E-state index is 0.259. The molecule has 0 saturated carbocycles. The van der Waals surface area contributed by atoms with Crippen molar-refractivity contribution >= 4 is 6.03 Å². The van der Waals surface area contributed by atoms with Crippen LogP contribution in [0.1, 0.15) is 19.3 Å². The van der Waals surface area contributed by atoms with Gasteiger partial charge < -0.3 is 10.6 Å². The first kappa shape index (κ1) is 8.81. The van der Waals surface area contributed by atoms with Crippen molar-refractivity contribution in [2.24, 2.45) is 5.73 Å². The zero-order valence-corrected chi connectivity index (χ0v) is 7.91. The summed E-state index contributed by atoms with van der Waals surface area (Å²) in [6.45, 7) is 3.87. The quantitative estimate of drug-likeness (QED) is 0.584. The number of hydrogen-bond donors (Lipinski definition) is 1. The van der Waals surface area contributed by atoms with E-state index in [1.54, 1.807) is 4.90 Å². The number of carbonyl (C=O) groups is 1. The lowest BCUT2D eigenvalue weighted by Crippen LogP contribution is -2.57. The van der Waals surface area contributed by atoms with E-state index in [4.69, 9.17) is 5.73 Å². The van der Waals surface area contributed by atoms with E-state index in [1.807, 2.05) is 0 Å². The molecule has 0 bridgehead atoms. The Hall–Kier alpha value is -0.770. The molecule has 2 heterocycles. The van der Waals surface area contributed by atoms with Gasteiger partial charge in [-0.05, 0) is 19.4 Å². The molecule has 2 amide bonds. The largest absolute Gasteiger partial charge is 0.351 e. The first-order chi connectivity index (χ1) is 6.27. The Morgan fingerprint density at radius 1 is 1.23 bits per heavy atom. The van der Waals surface area contributed by atoms with Gasteiger partial charge in [0.2, 0.25) is 0 Å². The van der Waals surface area contributed by atoms with Gasteiger partial charge in [-0.2, -0.15) is 0 Å². The molecule has 2 fully saturated rings. The maximum atomic E-state index is 11.0. The van der Waals surface area contributed by atoms with Crippen LogP contribution in [0.4, 0.5) is 4.79 Å². The first-order valence-corrected chi connectivity index (χ1v) is 5.06. The van der Waals surface area contributed by atoms with Crippen LogP contribution < -0.4 is 5.73 Å². The summed E-state index contributed by atoms with van der Waals surface area (Å²) in [4.78, 5) is 15.2. The van der Waals surface area contributed by atoms with Gasteiger partial charge in [-0.15, -0.1) is 0 Å². The van der Waals surface area contributed by atoms with Crippen LogP contribution in [0.15, 0.2) is 0 Å². The number of nitrogens with zero attached hydrogens (tertiary/aromatic N) is 2. The van der Waals surface area contributed by atoms with Gasteiger partial charge in [0.05, 0.1) is 0 Å². The summed E-state index contributed by atoms with van der Waals surface area (Å²) in [6, 6.07) is 0.320. The number of carbonyl (C=O) groups excluding carboxylic acids is 1. The Kier molecular flexibility index (Phi) is 2.40. The van der Waals surface area contributed by atoms with Gasteiger partial charge >= 0.3 is 6.03 Å². The van der Waals surface area contributed by atoms with E-state index in [1.165, 1.54) is 25.8 Å². The third kappa shape index (κ3) is 1.77. The average molecular weight is 183 g/mol. The summed E-state index contributed by atoms with van der Waals surface area (Å²) < 4.78 is 0. The lowest BCUT2D eigenvalue weighted by Gasteiger charge is -2.43. The summed E-state index contributed by atoms with van der Waals surface area (Å²) in [5.74, 6) is 0. The Morgan fingerprint density at radius 2 is 2.08 bits per heavy atom. The second-order valence-corrected chi connectivity index (χ2v) is 3.97. The fourth-order valence-electron chi connectivity index (χ4n) is 2.36. The van der Waals surface area contributed by atoms with Crippen LogP contribution in [0.5, 0.6) is 0 Å². The number of nitrogens with two attached hydrogens (primary N) is 1. The molecule has 74 valence electrons. The fraction of sp³-hybridized carbons (Fsp3) is 0.889. The molecule has 2 N–H and O–H groups in total. The minimum Gasteiger partial charge on any atom is -0.351 e. The Morgan fingerprint density at radius 3 is 2.85 bits per heavy atom. The highest BCUT2D eigenvalue weighted by Crippen LogP contribution is 2.20. The van der Waals surface area contributed by atoms with Crippen LogP contribution >= 0.6 is 0 Å².